The number of rotatable bonds is 13. The van der Waals surface area contributed by atoms with Crippen molar-refractivity contribution in [1.29, 1.82) is 0 Å². The molecule has 13 rings (SSSR count). The summed E-state index contributed by atoms with van der Waals surface area (Å²) in [4.78, 5) is 77.1. The highest BCUT2D eigenvalue weighted by Crippen LogP contribution is 2.32. The molecular weight excluding hydrogens is 1550 g/mol. The predicted octanol–water partition coefficient (Wildman–Crippen LogP) is 10.0. The Labute approximate surface area is 585 Å². The molecule has 496 valence electrons. The zero-order valence-corrected chi connectivity index (χ0v) is 59.0. The first-order chi connectivity index (χ1) is 45.6. The van der Waals surface area contributed by atoms with Crippen molar-refractivity contribution in [1.82, 2.24) is 57.3 Å². The molecule has 2 aliphatic rings. The number of aryl methyl sites for hydroxylation is 2. The SMILES string of the molecule is COc1ncc(-c2ccc3nc(CCCN4CCOCC4)cc(=O)n3c2)cc1NS(=O)(=O)c1ccc(F)cc1Cl.Nc1ccc(Br)cn1.O=c1cc(CCCN2CCOCC2)nc2ccc(Br)cn12.O=c1cc(Cl)nc2ccc(Br)cn12.O=c1cc(O)nc2ccc(Br)cn12. The summed E-state index contributed by atoms with van der Waals surface area (Å²) in [6.07, 6.45) is 13.2. The minimum absolute atomic E-state index is 0.0203. The van der Waals surface area contributed by atoms with Crippen molar-refractivity contribution in [2.75, 3.05) is 83.3 Å². The van der Waals surface area contributed by atoms with Gasteiger partial charge in [0.15, 0.2) is 0 Å². The topological polar surface area (TPSA) is 290 Å². The lowest BCUT2D eigenvalue weighted by atomic mass is 10.1. The number of nitrogen functional groups attached to an aromatic ring is 1. The van der Waals surface area contributed by atoms with Gasteiger partial charge in [-0.05, 0) is 187 Å². The lowest BCUT2D eigenvalue weighted by Crippen LogP contribution is -2.37. The second-order valence-corrected chi connectivity index (χ2v) is 27.0. The molecule has 2 saturated heterocycles. The average Bonchev–Trinajstić information content (AvgIpc) is 0.878. The smallest absolute Gasteiger partial charge is 0.263 e. The number of methoxy groups -OCH3 is 1. The van der Waals surface area contributed by atoms with Gasteiger partial charge in [-0.3, -0.25) is 51.3 Å². The van der Waals surface area contributed by atoms with Crippen molar-refractivity contribution in [3.63, 3.8) is 0 Å². The molecule has 0 atom stereocenters. The predicted molar refractivity (Wildman–Crippen MR) is 375 cm³/mol. The van der Waals surface area contributed by atoms with E-state index in [1.807, 2.05) is 18.2 Å². The van der Waals surface area contributed by atoms with Crippen LogP contribution in [-0.2, 0) is 32.3 Å². The Morgan fingerprint density at radius 3 is 1.57 bits per heavy atom. The minimum Gasteiger partial charge on any atom is -0.493 e. The van der Waals surface area contributed by atoms with Crippen LogP contribution in [-0.4, -0.2) is 144 Å². The van der Waals surface area contributed by atoms with Crippen LogP contribution in [0, 0.1) is 5.82 Å². The van der Waals surface area contributed by atoms with Crippen molar-refractivity contribution >= 4 is 131 Å². The number of aromatic hydroxyl groups is 1. The highest BCUT2D eigenvalue weighted by molar-refractivity contribution is 9.11. The van der Waals surface area contributed by atoms with Crippen LogP contribution in [0.3, 0.4) is 0 Å². The molecule has 4 N–H and O–H groups in total. The molecule has 10 aromatic heterocycles. The van der Waals surface area contributed by atoms with Gasteiger partial charge in [0.25, 0.3) is 32.3 Å². The zero-order valence-electron chi connectivity index (χ0n) is 50.4. The summed E-state index contributed by atoms with van der Waals surface area (Å²) in [6.45, 7) is 8.94. The number of pyridine rings is 6. The van der Waals surface area contributed by atoms with Gasteiger partial charge in [0.1, 0.15) is 50.0 Å². The summed E-state index contributed by atoms with van der Waals surface area (Å²) in [7, 11) is -2.84. The quantitative estimate of drug-likeness (QED) is 0.0904. The molecule has 0 saturated carbocycles. The van der Waals surface area contributed by atoms with Crippen LogP contribution in [0.15, 0.2) is 188 Å². The second kappa shape index (κ2) is 33.9. The van der Waals surface area contributed by atoms with Crippen molar-refractivity contribution < 1.29 is 32.1 Å². The highest BCUT2D eigenvalue weighted by Gasteiger charge is 2.22. The van der Waals surface area contributed by atoms with E-state index in [2.05, 4.69) is 108 Å². The van der Waals surface area contributed by atoms with Crippen molar-refractivity contribution in [3.05, 3.63) is 233 Å². The fourth-order valence-electron chi connectivity index (χ4n) is 9.56. The molecule has 12 heterocycles. The van der Waals surface area contributed by atoms with Gasteiger partial charge in [0.05, 0.1) is 44.6 Å². The molecule has 2 aliphatic heterocycles. The van der Waals surface area contributed by atoms with Gasteiger partial charge in [-0.15, -0.1) is 0 Å². The second-order valence-electron chi connectivity index (χ2n) is 20.9. The largest absolute Gasteiger partial charge is 0.493 e. The molecule has 1 aromatic carbocycles. The fourth-order valence-corrected chi connectivity index (χ4v) is 12.6. The minimum atomic E-state index is -4.20. The Kier molecular flexibility index (Phi) is 25.5. The van der Waals surface area contributed by atoms with Crippen LogP contribution >= 0.6 is 86.9 Å². The van der Waals surface area contributed by atoms with Crippen LogP contribution in [0.25, 0.3) is 33.7 Å². The number of aromatic nitrogens is 10. The standard InChI is InChI=1S/C27H27ClFN5O5S.C15H18BrN3O2.C8H4BrClN2O.C8H5BrN2O2.C5H5BrN2/c1-38-27-23(32-40(36,37)24-6-5-20(29)14-22(24)28)13-19(16-30-27)18-4-7-25-31-21(15-26(35)34(25)17-18)3-2-8-33-9-11-39-12-10-33;16-12-3-4-14-17-13(10-15(20)19(14)11-12)2-1-5-18-6-8-21-9-7-18;9-5-1-2-7-11-6(10)3-8(13)12(7)4-5;9-5-1-2-6-10-7(12)3-8(13)11(6)4-5;6-4-1-2-5(7)8-3-4/h4-7,13-17,32H,2-3,8-12H2,1H3;3-4,10-11H,1-2,5-9H2;1-4H;1-4,12H;1-3H,(H2,7,8). The van der Waals surface area contributed by atoms with Crippen LogP contribution in [0.2, 0.25) is 10.2 Å². The maximum Gasteiger partial charge on any atom is 0.263 e. The number of halogens is 7. The fraction of sp³-hybridized carbons (Fsp3) is 0.238. The van der Waals surface area contributed by atoms with E-state index in [4.69, 9.17) is 48.3 Å². The summed E-state index contributed by atoms with van der Waals surface area (Å²) in [5.74, 6) is -0.348. The third-order valence-electron chi connectivity index (χ3n) is 14.2. The number of morpholine rings is 2. The third kappa shape index (κ3) is 20.5. The number of anilines is 2. The molecule has 0 bridgehead atoms. The van der Waals surface area contributed by atoms with Gasteiger partial charge in [-0.1, -0.05) is 23.2 Å². The number of nitrogens with two attached hydrogens (primary N) is 1. The van der Waals surface area contributed by atoms with Gasteiger partial charge in [-0.2, -0.15) is 4.98 Å². The van der Waals surface area contributed by atoms with Crippen molar-refractivity contribution in [2.24, 2.45) is 0 Å². The maximum absolute atomic E-state index is 13.4. The van der Waals surface area contributed by atoms with Gasteiger partial charge in [0, 0.05) is 122 Å². The number of sulfonamides is 1. The molecule has 0 unspecified atom stereocenters. The normalized spacial score (nSPS) is 13.3. The van der Waals surface area contributed by atoms with Gasteiger partial charge < -0.3 is 25.1 Å². The summed E-state index contributed by atoms with van der Waals surface area (Å²) in [6, 6.07) is 27.8. The first-order valence-electron chi connectivity index (χ1n) is 29.0. The molecular formula is C63H59Br4Cl2FN14O10S. The van der Waals surface area contributed by atoms with E-state index in [-0.39, 0.29) is 54.8 Å². The molecule has 0 radical (unpaired) electrons. The summed E-state index contributed by atoms with van der Waals surface area (Å²) >= 11 is 24.7. The van der Waals surface area contributed by atoms with Gasteiger partial charge >= 0.3 is 0 Å². The first kappa shape index (κ1) is 71.7. The number of hydrogen-bond acceptors (Lipinski definition) is 19. The molecule has 95 heavy (non-hydrogen) atoms. The highest BCUT2D eigenvalue weighted by atomic mass is 79.9. The van der Waals surface area contributed by atoms with Crippen molar-refractivity contribution in [3.8, 4) is 22.9 Å². The molecule has 11 aromatic rings. The Hall–Kier alpha value is -7.62. The van der Waals surface area contributed by atoms with Crippen LogP contribution in [0.5, 0.6) is 11.8 Å². The Bertz CT molecular complexity index is 4780. The van der Waals surface area contributed by atoms with Gasteiger partial charge in [-0.25, -0.2) is 37.7 Å². The number of hydrogen-bond donors (Lipinski definition) is 3. The Morgan fingerprint density at radius 2 is 1.06 bits per heavy atom. The molecule has 0 spiro atoms. The lowest BCUT2D eigenvalue weighted by Gasteiger charge is -2.26. The third-order valence-corrected chi connectivity index (χ3v) is 18.1. The first-order valence-corrected chi connectivity index (χ1v) is 34.4. The monoisotopic (exact) mass is 1610 g/mol. The van der Waals surface area contributed by atoms with E-state index in [0.29, 0.717) is 46.0 Å². The number of nitrogens with one attached hydrogen (secondary N) is 1. The average molecular weight is 1610 g/mol. The van der Waals surface area contributed by atoms with E-state index in [0.717, 1.165) is 139 Å². The molecule has 24 nitrogen and oxygen atoms in total. The molecule has 2 fully saturated rings. The van der Waals surface area contributed by atoms with Crippen LogP contribution in [0.4, 0.5) is 15.9 Å². The molecule has 32 heteroatoms. The maximum atomic E-state index is 13.4. The van der Waals surface area contributed by atoms with E-state index >= 15 is 0 Å². The molecule has 0 amide bonds. The van der Waals surface area contributed by atoms with E-state index in [1.54, 1.807) is 83.9 Å². The van der Waals surface area contributed by atoms with E-state index in [1.165, 1.54) is 44.7 Å². The summed E-state index contributed by atoms with van der Waals surface area (Å²) in [5.41, 5.74) is 9.50. The Morgan fingerprint density at radius 1 is 0.579 bits per heavy atom. The number of ether oxygens (including phenoxy) is 3. The lowest BCUT2D eigenvalue weighted by molar-refractivity contribution is 0.0374. The summed E-state index contributed by atoms with van der Waals surface area (Å²) < 4.78 is 67.0. The van der Waals surface area contributed by atoms with Gasteiger partial charge in [0.2, 0.25) is 11.8 Å². The van der Waals surface area contributed by atoms with Crippen LogP contribution < -0.4 is 37.4 Å². The van der Waals surface area contributed by atoms with Crippen LogP contribution in [0.1, 0.15) is 24.2 Å². The van der Waals surface area contributed by atoms with E-state index < -0.39 is 15.8 Å². The Balaban J connectivity index is 0.000000159. The number of benzene rings is 1. The van der Waals surface area contributed by atoms with E-state index in [9.17, 15) is 32.0 Å². The number of nitrogens with zero attached hydrogens (tertiary/aromatic N) is 12. The summed E-state index contributed by atoms with van der Waals surface area (Å²) in [5, 5.41) is 8.99. The number of fused-ring (bicyclic) bond motifs is 4. The molecule has 0 aliphatic carbocycles. The van der Waals surface area contributed by atoms with Crippen molar-refractivity contribution in [2.45, 2.75) is 30.6 Å². The zero-order chi connectivity index (χ0) is 67.8.